The number of thioether (sulfide) groups is 1. The van der Waals surface area contributed by atoms with Crippen LogP contribution in [-0.2, 0) is 19.4 Å². The van der Waals surface area contributed by atoms with E-state index in [1.54, 1.807) is 4.57 Å². The predicted molar refractivity (Wildman–Crippen MR) is 104 cm³/mol. The van der Waals surface area contributed by atoms with Crippen molar-refractivity contribution < 1.29 is 4.79 Å². The van der Waals surface area contributed by atoms with Gasteiger partial charge in [0, 0.05) is 12.1 Å². The zero-order chi connectivity index (χ0) is 18.4. The summed E-state index contributed by atoms with van der Waals surface area (Å²) in [5, 5.41) is 7.08. The average Bonchev–Trinajstić information content (AvgIpc) is 3.05. The van der Waals surface area contributed by atoms with E-state index in [9.17, 15) is 9.59 Å². The third-order valence-corrected chi connectivity index (χ3v) is 5.18. The summed E-state index contributed by atoms with van der Waals surface area (Å²) in [5.41, 5.74) is 2.80. The van der Waals surface area contributed by atoms with Crippen LogP contribution in [0.15, 0.2) is 64.5 Å². The molecular formula is C20H21N3O2S. The molecule has 0 unspecified atom stereocenters. The molecule has 2 aromatic carbocycles. The van der Waals surface area contributed by atoms with Gasteiger partial charge in [0.15, 0.2) is 10.9 Å². The highest BCUT2D eigenvalue weighted by molar-refractivity contribution is 7.99. The number of carbonyl (C=O) groups is 1. The monoisotopic (exact) mass is 367 g/mol. The van der Waals surface area contributed by atoms with Gasteiger partial charge in [-0.3, -0.25) is 9.36 Å². The fraction of sp³-hybridized carbons (Fsp3) is 0.250. The van der Waals surface area contributed by atoms with E-state index in [0.717, 1.165) is 18.4 Å². The average molecular weight is 367 g/mol. The largest absolute Gasteiger partial charge is 0.343 e. The molecule has 0 aliphatic heterocycles. The maximum atomic E-state index is 12.4. The van der Waals surface area contributed by atoms with E-state index < -0.39 is 0 Å². The Morgan fingerprint density at radius 3 is 2.50 bits per heavy atom. The van der Waals surface area contributed by atoms with Gasteiger partial charge in [-0.1, -0.05) is 73.3 Å². The number of nitrogens with one attached hydrogen (secondary N) is 1. The molecule has 0 radical (unpaired) electrons. The lowest BCUT2D eigenvalue weighted by Gasteiger charge is -2.06. The van der Waals surface area contributed by atoms with Gasteiger partial charge >= 0.3 is 5.69 Å². The predicted octanol–water partition coefficient (Wildman–Crippen LogP) is 3.35. The molecule has 5 nitrogen and oxygen atoms in total. The van der Waals surface area contributed by atoms with Crippen LogP contribution in [0, 0.1) is 0 Å². The van der Waals surface area contributed by atoms with E-state index in [1.807, 2.05) is 54.6 Å². The van der Waals surface area contributed by atoms with Gasteiger partial charge in [0.25, 0.3) is 0 Å². The summed E-state index contributed by atoms with van der Waals surface area (Å²) >= 11 is 1.29. The molecule has 0 aliphatic rings. The second-order valence-electron chi connectivity index (χ2n) is 5.96. The van der Waals surface area contributed by atoms with Gasteiger partial charge in [0.2, 0.25) is 0 Å². The van der Waals surface area contributed by atoms with Crippen molar-refractivity contribution in [3.63, 3.8) is 0 Å². The van der Waals surface area contributed by atoms with Gasteiger partial charge < -0.3 is 0 Å². The Hall–Kier alpha value is -2.60. The van der Waals surface area contributed by atoms with E-state index >= 15 is 0 Å². The number of H-pyrrole nitrogens is 1. The van der Waals surface area contributed by atoms with Crippen molar-refractivity contribution in [3.05, 3.63) is 81.8 Å². The Balaban J connectivity index is 1.62. The Morgan fingerprint density at radius 1 is 1.08 bits per heavy atom. The number of benzene rings is 2. The molecule has 3 aromatic rings. The zero-order valence-electron chi connectivity index (χ0n) is 14.6. The number of hydrogen-bond donors (Lipinski definition) is 1. The van der Waals surface area contributed by atoms with Gasteiger partial charge in [0.05, 0.1) is 5.75 Å². The molecule has 0 spiro atoms. The molecule has 0 atom stereocenters. The minimum atomic E-state index is -0.247. The lowest BCUT2D eigenvalue weighted by molar-refractivity contribution is 0.102. The molecule has 134 valence electrons. The van der Waals surface area contributed by atoms with E-state index in [-0.39, 0.29) is 17.2 Å². The van der Waals surface area contributed by atoms with Crippen molar-refractivity contribution >= 4 is 17.5 Å². The number of Topliss-reactive ketones (excluding diaryl/α,β-unsaturated/α-hetero) is 1. The van der Waals surface area contributed by atoms with Crippen molar-refractivity contribution in [2.45, 2.75) is 31.5 Å². The van der Waals surface area contributed by atoms with Crippen molar-refractivity contribution in [1.82, 2.24) is 14.8 Å². The van der Waals surface area contributed by atoms with Crippen molar-refractivity contribution in [2.75, 3.05) is 5.75 Å². The van der Waals surface area contributed by atoms with Crippen LogP contribution in [0.3, 0.4) is 0 Å². The van der Waals surface area contributed by atoms with Gasteiger partial charge in [0.1, 0.15) is 0 Å². The Labute approximate surface area is 156 Å². The number of nitrogens with zero attached hydrogens (tertiary/aromatic N) is 2. The second kappa shape index (κ2) is 8.67. The number of ketones is 1. The van der Waals surface area contributed by atoms with Crippen LogP contribution in [0.1, 0.15) is 28.4 Å². The summed E-state index contributed by atoms with van der Waals surface area (Å²) in [5.74, 6) is 0.281. The number of aromatic amines is 1. The molecule has 0 bridgehead atoms. The van der Waals surface area contributed by atoms with Crippen LogP contribution in [-0.4, -0.2) is 26.3 Å². The van der Waals surface area contributed by atoms with Crippen LogP contribution >= 0.6 is 11.8 Å². The van der Waals surface area contributed by atoms with Crippen LogP contribution < -0.4 is 5.69 Å². The summed E-state index contributed by atoms with van der Waals surface area (Å²) in [7, 11) is 0. The van der Waals surface area contributed by atoms with Gasteiger partial charge in [-0.2, -0.15) is 0 Å². The van der Waals surface area contributed by atoms with Crippen molar-refractivity contribution in [3.8, 4) is 0 Å². The lowest BCUT2D eigenvalue weighted by atomic mass is 10.1. The van der Waals surface area contributed by atoms with Crippen LogP contribution in [0.25, 0.3) is 0 Å². The van der Waals surface area contributed by atoms with Crippen LogP contribution in [0.4, 0.5) is 0 Å². The molecule has 0 fully saturated rings. The molecule has 26 heavy (non-hydrogen) atoms. The molecule has 0 amide bonds. The molecule has 1 heterocycles. The lowest BCUT2D eigenvalue weighted by Crippen LogP contribution is -2.19. The second-order valence-corrected chi connectivity index (χ2v) is 6.90. The molecule has 3 rings (SSSR count). The number of rotatable bonds is 8. The molecule has 0 saturated carbocycles. The summed E-state index contributed by atoms with van der Waals surface area (Å²) in [4.78, 5) is 24.4. The fourth-order valence-electron chi connectivity index (χ4n) is 2.64. The van der Waals surface area contributed by atoms with Gasteiger partial charge in [-0.15, -0.1) is 5.10 Å². The van der Waals surface area contributed by atoms with Gasteiger partial charge in [-0.25, -0.2) is 9.89 Å². The number of aromatic nitrogens is 3. The quantitative estimate of drug-likeness (QED) is 0.490. The standard InChI is InChI=1S/C20H21N3O2S/c1-2-15-8-10-17(11-9-15)18(24)14-26-20-22-21-19(25)23(20)13-12-16-6-4-3-5-7-16/h3-11H,2,12-14H2,1H3,(H,21,25). The molecule has 1 aromatic heterocycles. The summed E-state index contributed by atoms with van der Waals surface area (Å²) in [6.07, 6.45) is 1.68. The SMILES string of the molecule is CCc1ccc(C(=O)CSc2n[nH]c(=O)n2CCc2ccccc2)cc1. The van der Waals surface area contributed by atoms with Crippen molar-refractivity contribution in [1.29, 1.82) is 0 Å². The van der Waals surface area contributed by atoms with E-state index in [2.05, 4.69) is 17.1 Å². The normalized spacial score (nSPS) is 10.8. The van der Waals surface area contributed by atoms with Crippen molar-refractivity contribution in [2.24, 2.45) is 0 Å². The Morgan fingerprint density at radius 2 is 1.81 bits per heavy atom. The number of carbonyl (C=O) groups excluding carboxylic acids is 1. The maximum absolute atomic E-state index is 12.4. The third kappa shape index (κ3) is 4.52. The molecule has 0 saturated heterocycles. The molecular weight excluding hydrogens is 346 g/mol. The fourth-order valence-corrected chi connectivity index (χ4v) is 3.50. The summed E-state index contributed by atoms with van der Waals surface area (Å²) in [6.45, 7) is 2.61. The Bertz CT molecular complexity index is 914. The smallest absolute Gasteiger partial charge is 0.293 e. The Kier molecular flexibility index (Phi) is 6.07. The summed E-state index contributed by atoms with van der Waals surface area (Å²) < 4.78 is 1.59. The van der Waals surface area contributed by atoms with E-state index in [4.69, 9.17) is 0 Å². The highest BCUT2D eigenvalue weighted by atomic mass is 32.2. The highest BCUT2D eigenvalue weighted by Gasteiger charge is 2.12. The zero-order valence-corrected chi connectivity index (χ0v) is 15.5. The minimum Gasteiger partial charge on any atom is -0.293 e. The molecule has 1 N–H and O–H groups in total. The number of aryl methyl sites for hydroxylation is 2. The minimum absolute atomic E-state index is 0.0303. The first kappa shape index (κ1) is 18.2. The number of hydrogen-bond acceptors (Lipinski definition) is 4. The first-order chi connectivity index (χ1) is 12.7. The highest BCUT2D eigenvalue weighted by Crippen LogP contribution is 2.16. The summed E-state index contributed by atoms with van der Waals surface area (Å²) in [6, 6.07) is 17.6. The third-order valence-electron chi connectivity index (χ3n) is 4.21. The van der Waals surface area contributed by atoms with Gasteiger partial charge in [-0.05, 0) is 24.0 Å². The molecule has 0 aliphatic carbocycles. The van der Waals surface area contributed by atoms with Crippen LogP contribution in [0.5, 0.6) is 0 Å². The maximum Gasteiger partial charge on any atom is 0.343 e. The first-order valence-electron chi connectivity index (χ1n) is 8.61. The topological polar surface area (TPSA) is 67.8 Å². The van der Waals surface area contributed by atoms with E-state index in [0.29, 0.717) is 17.3 Å². The first-order valence-corrected chi connectivity index (χ1v) is 9.60. The van der Waals surface area contributed by atoms with E-state index in [1.165, 1.54) is 17.3 Å². The molecule has 6 heteroatoms. The van der Waals surface area contributed by atoms with Crippen LogP contribution in [0.2, 0.25) is 0 Å².